The zero-order chi connectivity index (χ0) is 15.7. The van der Waals surface area contributed by atoms with Crippen molar-refractivity contribution in [1.29, 1.82) is 0 Å². The molecule has 1 aliphatic heterocycles. The molecule has 2 heterocycles. The molecule has 3 rings (SSSR count). The molecule has 7 nitrogen and oxygen atoms in total. The number of rotatable bonds is 3. The lowest BCUT2D eigenvalue weighted by Crippen LogP contribution is -2.48. The molecule has 1 aromatic carbocycles. The predicted octanol–water partition coefficient (Wildman–Crippen LogP) is 0.789. The van der Waals surface area contributed by atoms with Crippen LogP contribution in [0, 0.1) is 0 Å². The van der Waals surface area contributed by atoms with Crippen LogP contribution in [0.15, 0.2) is 24.5 Å². The van der Waals surface area contributed by atoms with Gasteiger partial charge >= 0.3 is 5.97 Å². The van der Waals surface area contributed by atoms with Gasteiger partial charge in [-0.3, -0.25) is 9.59 Å². The Morgan fingerprint density at radius 1 is 1.23 bits per heavy atom. The van der Waals surface area contributed by atoms with Crippen LogP contribution in [0.1, 0.15) is 6.92 Å². The van der Waals surface area contributed by atoms with Crippen LogP contribution >= 0.6 is 0 Å². The lowest BCUT2D eigenvalue weighted by atomic mass is 10.2. The molecule has 0 unspecified atom stereocenters. The number of aliphatic carboxylic acids is 1. The Bertz CT molecular complexity index is 717. The van der Waals surface area contributed by atoms with E-state index in [1.54, 1.807) is 17.8 Å². The van der Waals surface area contributed by atoms with E-state index in [4.69, 9.17) is 5.11 Å². The molecule has 0 atom stereocenters. The van der Waals surface area contributed by atoms with Crippen LogP contribution in [-0.4, -0.2) is 57.6 Å². The highest BCUT2D eigenvalue weighted by Crippen LogP contribution is 2.22. The van der Waals surface area contributed by atoms with E-state index in [9.17, 15) is 9.59 Å². The zero-order valence-corrected chi connectivity index (χ0v) is 12.4. The van der Waals surface area contributed by atoms with E-state index in [0.29, 0.717) is 0 Å². The molecule has 2 aromatic rings. The van der Waals surface area contributed by atoms with Crippen LogP contribution in [0.5, 0.6) is 0 Å². The summed E-state index contributed by atoms with van der Waals surface area (Å²) in [5.74, 6) is -0.772. The molecule has 1 saturated heterocycles. The number of nitrogens with zero attached hydrogens (tertiary/aromatic N) is 4. The van der Waals surface area contributed by atoms with Gasteiger partial charge in [0.15, 0.2) is 0 Å². The lowest BCUT2D eigenvalue weighted by Gasteiger charge is -2.35. The largest absolute Gasteiger partial charge is 0.480 e. The average Bonchev–Trinajstić information content (AvgIpc) is 2.89. The van der Waals surface area contributed by atoms with Crippen LogP contribution in [0.4, 0.5) is 5.69 Å². The second-order valence-electron chi connectivity index (χ2n) is 5.43. The van der Waals surface area contributed by atoms with Crippen molar-refractivity contribution in [2.24, 2.45) is 0 Å². The first-order valence-corrected chi connectivity index (χ1v) is 7.22. The first-order chi connectivity index (χ1) is 10.5. The number of hydrogen-bond donors (Lipinski definition) is 1. The molecule has 0 aliphatic carbocycles. The number of aromatic nitrogens is 2. The molecule has 0 radical (unpaired) electrons. The minimum Gasteiger partial charge on any atom is -0.480 e. The lowest BCUT2D eigenvalue weighted by molar-refractivity contribution is -0.137. The highest BCUT2D eigenvalue weighted by molar-refractivity contribution is 5.81. The maximum absolute atomic E-state index is 11.4. The molecule has 1 aromatic heterocycles. The SMILES string of the molecule is CC(=O)N1CCN(c2ccc3c(c2)ncn3CC(=O)O)CC1. The van der Waals surface area contributed by atoms with Crippen LogP contribution < -0.4 is 4.90 Å². The van der Waals surface area contributed by atoms with E-state index in [2.05, 4.69) is 9.88 Å². The van der Waals surface area contributed by atoms with E-state index < -0.39 is 5.97 Å². The third-order valence-corrected chi connectivity index (χ3v) is 4.00. The molecule has 1 aliphatic rings. The second kappa shape index (κ2) is 5.67. The Morgan fingerprint density at radius 2 is 1.95 bits per heavy atom. The Morgan fingerprint density at radius 3 is 2.59 bits per heavy atom. The standard InChI is InChI=1S/C15H18N4O3/c1-11(20)17-4-6-18(7-5-17)12-2-3-14-13(8-12)16-10-19(14)9-15(21)22/h2-3,8,10H,4-7,9H2,1H3,(H,21,22). The number of piperazine rings is 1. The Kier molecular flexibility index (Phi) is 3.70. The highest BCUT2D eigenvalue weighted by atomic mass is 16.4. The van der Waals surface area contributed by atoms with Crippen molar-refractivity contribution in [2.45, 2.75) is 13.5 Å². The van der Waals surface area contributed by atoms with Crippen molar-refractivity contribution >= 4 is 28.6 Å². The summed E-state index contributed by atoms with van der Waals surface area (Å²) in [7, 11) is 0. The van der Waals surface area contributed by atoms with Gasteiger partial charge in [0, 0.05) is 38.8 Å². The zero-order valence-electron chi connectivity index (χ0n) is 12.4. The van der Waals surface area contributed by atoms with E-state index in [-0.39, 0.29) is 12.5 Å². The quantitative estimate of drug-likeness (QED) is 0.907. The number of imidazole rings is 1. The summed E-state index contributed by atoms with van der Waals surface area (Å²) in [6, 6.07) is 5.85. The number of fused-ring (bicyclic) bond motifs is 1. The van der Waals surface area contributed by atoms with Gasteiger partial charge < -0.3 is 19.5 Å². The Balaban J connectivity index is 1.78. The number of carboxylic acids is 1. The van der Waals surface area contributed by atoms with Gasteiger partial charge in [0.25, 0.3) is 0 Å². The summed E-state index contributed by atoms with van der Waals surface area (Å²) in [6.45, 7) is 4.54. The molecule has 1 N–H and O–H groups in total. The van der Waals surface area contributed by atoms with Crippen molar-refractivity contribution in [3.05, 3.63) is 24.5 Å². The summed E-state index contributed by atoms with van der Waals surface area (Å²) in [5.41, 5.74) is 2.65. The van der Waals surface area contributed by atoms with Gasteiger partial charge in [-0.25, -0.2) is 4.98 Å². The molecular formula is C15H18N4O3. The molecule has 22 heavy (non-hydrogen) atoms. The van der Waals surface area contributed by atoms with Gasteiger partial charge in [-0.05, 0) is 18.2 Å². The topological polar surface area (TPSA) is 78.7 Å². The molecule has 7 heteroatoms. The number of amides is 1. The van der Waals surface area contributed by atoms with E-state index in [0.717, 1.165) is 42.9 Å². The van der Waals surface area contributed by atoms with Crippen LogP contribution in [0.25, 0.3) is 11.0 Å². The van der Waals surface area contributed by atoms with Crippen LogP contribution in [0.3, 0.4) is 0 Å². The number of carbonyl (C=O) groups is 2. The summed E-state index contributed by atoms with van der Waals surface area (Å²) < 4.78 is 1.62. The van der Waals surface area contributed by atoms with Crippen molar-refractivity contribution in [2.75, 3.05) is 31.1 Å². The van der Waals surface area contributed by atoms with E-state index in [1.165, 1.54) is 0 Å². The van der Waals surface area contributed by atoms with Gasteiger partial charge in [-0.2, -0.15) is 0 Å². The normalized spacial score (nSPS) is 15.3. The van der Waals surface area contributed by atoms with Gasteiger partial charge in [0.2, 0.25) is 5.91 Å². The maximum atomic E-state index is 11.4. The smallest absolute Gasteiger partial charge is 0.323 e. The van der Waals surface area contributed by atoms with Crippen molar-refractivity contribution in [3.8, 4) is 0 Å². The van der Waals surface area contributed by atoms with Crippen LogP contribution in [0.2, 0.25) is 0 Å². The molecule has 0 bridgehead atoms. The fourth-order valence-electron chi connectivity index (χ4n) is 2.80. The maximum Gasteiger partial charge on any atom is 0.323 e. The highest BCUT2D eigenvalue weighted by Gasteiger charge is 2.19. The number of hydrogen-bond acceptors (Lipinski definition) is 4. The molecule has 1 fully saturated rings. The minimum absolute atomic E-state index is 0.0901. The van der Waals surface area contributed by atoms with Gasteiger partial charge in [0.1, 0.15) is 6.54 Å². The number of anilines is 1. The monoisotopic (exact) mass is 302 g/mol. The van der Waals surface area contributed by atoms with Crippen molar-refractivity contribution in [3.63, 3.8) is 0 Å². The molecule has 0 saturated carbocycles. The average molecular weight is 302 g/mol. The molecule has 1 amide bonds. The number of carboxylic acid groups (broad SMARTS) is 1. The summed E-state index contributed by atoms with van der Waals surface area (Å²) in [6.07, 6.45) is 1.55. The number of benzene rings is 1. The third-order valence-electron chi connectivity index (χ3n) is 4.00. The molecule has 116 valence electrons. The fraction of sp³-hybridized carbons (Fsp3) is 0.400. The minimum atomic E-state index is -0.885. The van der Waals surface area contributed by atoms with E-state index in [1.807, 2.05) is 23.1 Å². The first kappa shape index (κ1) is 14.4. The van der Waals surface area contributed by atoms with Gasteiger partial charge in [-0.1, -0.05) is 0 Å². The van der Waals surface area contributed by atoms with E-state index >= 15 is 0 Å². The van der Waals surface area contributed by atoms with Gasteiger partial charge in [-0.15, -0.1) is 0 Å². The Labute approximate surface area is 127 Å². The van der Waals surface area contributed by atoms with Crippen molar-refractivity contribution in [1.82, 2.24) is 14.5 Å². The van der Waals surface area contributed by atoms with Crippen molar-refractivity contribution < 1.29 is 14.7 Å². The Hall–Kier alpha value is -2.57. The molecule has 0 spiro atoms. The van der Waals surface area contributed by atoms with Gasteiger partial charge in [0.05, 0.1) is 17.4 Å². The summed E-state index contributed by atoms with van der Waals surface area (Å²) in [5, 5.41) is 8.88. The fourth-order valence-corrected chi connectivity index (χ4v) is 2.80. The summed E-state index contributed by atoms with van der Waals surface area (Å²) >= 11 is 0. The number of carbonyl (C=O) groups excluding carboxylic acids is 1. The summed E-state index contributed by atoms with van der Waals surface area (Å²) in [4.78, 5) is 30.5. The molecular weight excluding hydrogens is 284 g/mol. The van der Waals surface area contributed by atoms with Crippen LogP contribution in [-0.2, 0) is 16.1 Å². The third kappa shape index (κ3) is 2.74. The second-order valence-corrected chi connectivity index (χ2v) is 5.43. The predicted molar refractivity (Wildman–Crippen MR) is 81.8 cm³/mol. The first-order valence-electron chi connectivity index (χ1n) is 7.22.